The maximum atomic E-state index is 11.1. The molecular formula is C11H13BrN2O3. The fraction of sp³-hybridized carbons (Fsp3) is 0.455. The Morgan fingerprint density at radius 2 is 2.12 bits per heavy atom. The molecule has 0 atom stereocenters. The topological polar surface area (TPSA) is 73.7 Å². The van der Waals surface area contributed by atoms with Gasteiger partial charge in [0.25, 0.3) is 0 Å². The minimum absolute atomic E-state index is 0.191. The lowest BCUT2D eigenvalue weighted by Crippen LogP contribution is -2.37. The molecule has 0 saturated carbocycles. The third-order valence-corrected chi connectivity index (χ3v) is 3.26. The van der Waals surface area contributed by atoms with Gasteiger partial charge in [-0.25, -0.2) is 9.78 Å². The third kappa shape index (κ3) is 2.76. The van der Waals surface area contributed by atoms with Crippen molar-refractivity contribution in [2.75, 3.05) is 18.0 Å². The molecule has 0 unspecified atom stereocenters. The summed E-state index contributed by atoms with van der Waals surface area (Å²) in [5, 5.41) is 18.6. The van der Waals surface area contributed by atoms with Crippen LogP contribution < -0.4 is 4.90 Å². The second kappa shape index (κ2) is 5.01. The number of aromatic carboxylic acids is 1. The molecular weight excluding hydrogens is 288 g/mol. The van der Waals surface area contributed by atoms with E-state index in [0.29, 0.717) is 36.2 Å². The maximum Gasteiger partial charge on any atom is 0.339 e. The molecule has 0 spiro atoms. The van der Waals surface area contributed by atoms with E-state index in [1.165, 1.54) is 0 Å². The molecule has 0 aliphatic carbocycles. The van der Waals surface area contributed by atoms with Gasteiger partial charge in [-0.2, -0.15) is 0 Å². The molecule has 1 aromatic heterocycles. The Kier molecular flexibility index (Phi) is 3.63. The molecule has 0 bridgehead atoms. The highest BCUT2D eigenvalue weighted by Crippen LogP contribution is 2.24. The van der Waals surface area contributed by atoms with E-state index in [1.54, 1.807) is 12.3 Å². The van der Waals surface area contributed by atoms with Crippen LogP contribution in [-0.4, -0.2) is 40.4 Å². The van der Waals surface area contributed by atoms with Gasteiger partial charge in [-0.15, -0.1) is 0 Å². The number of aromatic nitrogens is 1. The van der Waals surface area contributed by atoms with Crippen molar-refractivity contribution in [2.45, 2.75) is 18.9 Å². The van der Waals surface area contributed by atoms with Crippen LogP contribution in [0.5, 0.6) is 0 Å². The average Bonchev–Trinajstić information content (AvgIpc) is 2.30. The number of hydrogen-bond donors (Lipinski definition) is 2. The number of carbonyl (C=O) groups is 1. The number of halogens is 1. The number of aliphatic hydroxyl groups excluding tert-OH is 1. The smallest absolute Gasteiger partial charge is 0.339 e. The molecule has 1 aliphatic heterocycles. The van der Waals surface area contributed by atoms with Gasteiger partial charge in [-0.1, -0.05) is 0 Å². The van der Waals surface area contributed by atoms with Crippen molar-refractivity contribution in [3.05, 3.63) is 22.3 Å². The second-order valence-corrected chi connectivity index (χ2v) is 4.96. The van der Waals surface area contributed by atoms with Crippen molar-refractivity contribution < 1.29 is 15.0 Å². The first-order chi connectivity index (χ1) is 8.08. The van der Waals surface area contributed by atoms with E-state index in [9.17, 15) is 9.90 Å². The second-order valence-electron chi connectivity index (χ2n) is 4.05. The molecule has 2 rings (SSSR count). The summed E-state index contributed by atoms with van der Waals surface area (Å²) in [6.07, 6.45) is 2.61. The van der Waals surface area contributed by atoms with Crippen LogP contribution in [-0.2, 0) is 0 Å². The molecule has 2 heterocycles. The quantitative estimate of drug-likeness (QED) is 0.866. The van der Waals surface area contributed by atoms with E-state index in [4.69, 9.17) is 5.11 Å². The van der Waals surface area contributed by atoms with Crippen LogP contribution in [0.25, 0.3) is 0 Å². The van der Waals surface area contributed by atoms with Crippen molar-refractivity contribution in [2.24, 2.45) is 0 Å². The van der Waals surface area contributed by atoms with Crippen LogP contribution in [0.2, 0.25) is 0 Å². The summed E-state index contributed by atoms with van der Waals surface area (Å²) in [6, 6.07) is 1.55. The van der Waals surface area contributed by atoms with Crippen molar-refractivity contribution in [1.29, 1.82) is 0 Å². The van der Waals surface area contributed by atoms with E-state index in [1.807, 2.05) is 4.90 Å². The molecule has 1 aromatic rings. The Bertz CT molecular complexity index is 431. The number of aliphatic hydroxyl groups is 1. The summed E-state index contributed by atoms with van der Waals surface area (Å²) < 4.78 is 0.649. The fourth-order valence-electron chi connectivity index (χ4n) is 1.92. The highest BCUT2D eigenvalue weighted by molar-refractivity contribution is 9.10. The highest BCUT2D eigenvalue weighted by atomic mass is 79.9. The summed E-state index contributed by atoms with van der Waals surface area (Å²) in [4.78, 5) is 17.2. The lowest BCUT2D eigenvalue weighted by Gasteiger charge is -2.31. The van der Waals surface area contributed by atoms with Crippen LogP contribution in [0.1, 0.15) is 23.2 Å². The Morgan fingerprint density at radius 1 is 1.47 bits per heavy atom. The number of rotatable bonds is 2. The van der Waals surface area contributed by atoms with Crippen molar-refractivity contribution in [3.63, 3.8) is 0 Å². The summed E-state index contributed by atoms with van der Waals surface area (Å²) in [5.74, 6) is -0.507. The van der Waals surface area contributed by atoms with Gasteiger partial charge in [-0.3, -0.25) is 0 Å². The zero-order valence-corrected chi connectivity index (χ0v) is 10.7. The van der Waals surface area contributed by atoms with Gasteiger partial charge in [0.05, 0.1) is 6.10 Å². The first-order valence-corrected chi connectivity index (χ1v) is 6.19. The summed E-state index contributed by atoms with van der Waals surface area (Å²) in [6.45, 7) is 1.27. The number of carboxylic acids is 1. The number of pyridine rings is 1. The van der Waals surface area contributed by atoms with Gasteiger partial charge in [-0.05, 0) is 34.8 Å². The van der Waals surface area contributed by atoms with Crippen LogP contribution >= 0.6 is 15.9 Å². The number of carboxylic acid groups (broad SMARTS) is 1. The minimum atomic E-state index is -0.986. The predicted molar refractivity (Wildman–Crippen MR) is 66.4 cm³/mol. The number of hydrogen-bond acceptors (Lipinski definition) is 4. The number of anilines is 1. The highest BCUT2D eigenvalue weighted by Gasteiger charge is 2.22. The van der Waals surface area contributed by atoms with Crippen molar-refractivity contribution in [1.82, 2.24) is 4.98 Å². The van der Waals surface area contributed by atoms with Crippen molar-refractivity contribution in [3.8, 4) is 0 Å². The fourth-order valence-corrected chi connectivity index (χ4v) is 2.25. The number of piperidine rings is 1. The monoisotopic (exact) mass is 300 g/mol. The SMILES string of the molecule is O=C(O)c1cc(Br)cnc1N1CCC(O)CC1. The molecule has 1 aliphatic rings. The zero-order chi connectivity index (χ0) is 12.4. The molecule has 6 heteroatoms. The Hall–Kier alpha value is -1.14. The normalized spacial score (nSPS) is 17.2. The summed E-state index contributed by atoms with van der Waals surface area (Å²) >= 11 is 3.21. The number of nitrogens with zero attached hydrogens (tertiary/aromatic N) is 2. The minimum Gasteiger partial charge on any atom is -0.478 e. The lowest BCUT2D eigenvalue weighted by molar-refractivity contribution is 0.0697. The van der Waals surface area contributed by atoms with Crippen LogP contribution in [0.15, 0.2) is 16.7 Å². The van der Waals surface area contributed by atoms with Gasteiger partial charge in [0.1, 0.15) is 11.4 Å². The zero-order valence-electron chi connectivity index (χ0n) is 9.14. The van der Waals surface area contributed by atoms with E-state index in [0.717, 1.165) is 0 Å². The Balaban J connectivity index is 2.28. The van der Waals surface area contributed by atoms with Crippen LogP contribution in [0.3, 0.4) is 0 Å². The third-order valence-electron chi connectivity index (χ3n) is 2.83. The molecule has 17 heavy (non-hydrogen) atoms. The predicted octanol–water partition coefficient (Wildman–Crippen LogP) is 1.50. The molecule has 0 radical (unpaired) electrons. The van der Waals surface area contributed by atoms with Crippen LogP contribution in [0.4, 0.5) is 5.82 Å². The molecule has 0 amide bonds. The van der Waals surface area contributed by atoms with Gasteiger partial charge in [0, 0.05) is 23.8 Å². The first-order valence-electron chi connectivity index (χ1n) is 5.40. The molecule has 1 fully saturated rings. The molecule has 1 saturated heterocycles. The largest absolute Gasteiger partial charge is 0.478 e. The average molecular weight is 301 g/mol. The molecule has 0 aromatic carbocycles. The van der Waals surface area contributed by atoms with Gasteiger partial charge < -0.3 is 15.1 Å². The Labute approximate surface area is 107 Å². The summed E-state index contributed by atoms with van der Waals surface area (Å²) in [5.41, 5.74) is 0.191. The van der Waals surface area contributed by atoms with Crippen LogP contribution in [0, 0.1) is 0 Å². The van der Waals surface area contributed by atoms with Crippen molar-refractivity contribution >= 4 is 27.7 Å². The first kappa shape index (κ1) is 12.3. The van der Waals surface area contributed by atoms with E-state index in [2.05, 4.69) is 20.9 Å². The Morgan fingerprint density at radius 3 is 2.71 bits per heavy atom. The standard InChI is InChI=1S/C11H13BrN2O3/c12-7-5-9(11(16)17)10(13-6-7)14-3-1-8(15)2-4-14/h5-6,8,15H,1-4H2,(H,16,17). The summed E-state index contributed by atoms with van der Waals surface area (Å²) in [7, 11) is 0. The van der Waals surface area contributed by atoms with Gasteiger partial charge in [0.15, 0.2) is 0 Å². The lowest BCUT2D eigenvalue weighted by atomic mass is 10.1. The van der Waals surface area contributed by atoms with Gasteiger partial charge in [0.2, 0.25) is 0 Å². The van der Waals surface area contributed by atoms with E-state index < -0.39 is 5.97 Å². The van der Waals surface area contributed by atoms with E-state index in [-0.39, 0.29) is 11.7 Å². The molecule has 5 nitrogen and oxygen atoms in total. The molecule has 2 N–H and O–H groups in total. The molecule has 92 valence electrons. The van der Waals surface area contributed by atoms with E-state index >= 15 is 0 Å². The van der Waals surface area contributed by atoms with Gasteiger partial charge >= 0.3 is 5.97 Å². The maximum absolute atomic E-state index is 11.1.